The van der Waals surface area contributed by atoms with Crippen LogP contribution < -0.4 is 10.1 Å². The van der Waals surface area contributed by atoms with Gasteiger partial charge in [-0.3, -0.25) is 4.90 Å². The van der Waals surface area contributed by atoms with Crippen molar-refractivity contribution in [1.82, 2.24) is 15.2 Å². The summed E-state index contributed by atoms with van der Waals surface area (Å²) in [4.78, 5) is 6.76. The number of piperidine rings is 1. The molecule has 1 aromatic rings. The zero-order valence-electron chi connectivity index (χ0n) is 12.1. The minimum Gasteiger partial charge on any atom is -0.481 e. The lowest BCUT2D eigenvalue weighted by Gasteiger charge is -2.33. The smallest absolute Gasteiger partial charge is 0.217 e. The Hall–Kier alpha value is -1.13. The highest BCUT2D eigenvalue weighted by molar-refractivity contribution is 5.25. The molecule has 2 heterocycles. The Kier molecular flexibility index (Phi) is 5.61. The van der Waals surface area contributed by atoms with Gasteiger partial charge in [-0.05, 0) is 38.4 Å². The molecule has 0 aromatic carbocycles. The van der Waals surface area contributed by atoms with Crippen LogP contribution in [0.5, 0.6) is 5.88 Å². The van der Waals surface area contributed by atoms with E-state index in [4.69, 9.17) is 4.74 Å². The maximum atomic E-state index is 5.33. The highest BCUT2D eigenvalue weighted by atomic mass is 16.5. The minimum atomic E-state index is 0.636. The summed E-state index contributed by atoms with van der Waals surface area (Å²) < 4.78 is 5.33. The van der Waals surface area contributed by atoms with Crippen molar-refractivity contribution in [3.63, 3.8) is 0 Å². The number of hydrogen-bond donors (Lipinski definition) is 1. The predicted molar refractivity (Wildman–Crippen MR) is 77.4 cm³/mol. The Labute approximate surface area is 116 Å². The molecule has 1 fully saturated rings. The number of aromatic nitrogens is 1. The predicted octanol–water partition coefficient (Wildman–Crippen LogP) is 2.05. The lowest BCUT2D eigenvalue weighted by atomic mass is 10.0. The van der Waals surface area contributed by atoms with E-state index in [-0.39, 0.29) is 0 Å². The molecule has 106 valence electrons. The molecule has 1 aliphatic heterocycles. The van der Waals surface area contributed by atoms with Crippen molar-refractivity contribution in [3.05, 3.63) is 23.9 Å². The molecule has 0 spiro atoms. The first kappa shape index (κ1) is 14.3. The van der Waals surface area contributed by atoms with E-state index in [0.717, 1.165) is 25.5 Å². The normalized spacial score (nSPS) is 20.4. The van der Waals surface area contributed by atoms with Gasteiger partial charge in [0.15, 0.2) is 0 Å². The van der Waals surface area contributed by atoms with Gasteiger partial charge in [0.2, 0.25) is 5.88 Å². The Balaban J connectivity index is 1.91. The van der Waals surface area contributed by atoms with E-state index in [9.17, 15) is 0 Å². The van der Waals surface area contributed by atoms with E-state index in [1.54, 1.807) is 13.3 Å². The molecule has 0 amide bonds. The Morgan fingerprint density at radius 3 is 3.21 bits per heavy atom. The van der Waals surface area contributed by atoms with Gasteiger partial charge in [0.25, 0.3) is 0 Å². The van der Waals surface area contributed by atoms with Gasteiger partial charge >= 0.3 is 0 Å². The molecule has 0 aliphatic carbocycles. The molecule has 1 aliphatic rings. The summed E-state index contributed by atoms with van der Waals surface area (Å²) in [6.07, 6.45) is 5.54. The van der Waals surface area contributed by atoms with Crippen LogP contribution in [0, 0.1) is 0 Å². The monoisotopic (exact) mass is 263 g/mol. The summed E-state index contributed by atoms with van der Waals surface area (Å²) in [6, 6.07) is 4.72. The first-order valence-corrected chi connectivity index (χ1v) is 7.27. The fourth-order valence-corrected chi connectivity index (χ4v) is 2.68. The molecule has 19 heavy (non-hydrogen) atoms. The zero-order chi connectivity index (χ0) is 13.5. The number of likely N-dealkylation sites (tertiary alicyclic amines) is 1. The lowest BCUT2D eigenvalue weighted by Crippen LogP contribution is -2.45. The van der Waals surface area contributed by atoms with E-state index < -0.39 is 0 Å². The molecule has 1 aromatic heterocycles. The third-order valence-corrected chi connectivity index (χ3v) is 3.63. The van der Waals surface area contributed by atoms with E-state index in [2.05, 4.69) is 28.2 Å². The number of nitrogens with one attached hydrogen (secondary N) is 1. The average Bonchev–Trinajstić information content (AvgIpc) is 2.46. The van der Waals surface area contributed by atoms with Crippen molar-refractivity contribution in [3.8, 4) is 5.88 Å². The first-order valence-electron chi connectivity index (χ1n) is 7.27. The summed E-state index contributed by atoms with van der Waals surface area (Å²) in [6.45, 7) is 6.56. The highest BCUT2D eigenvalue weighted by Gasteiger charge is 2.20. The topological polar surface area (TPSA) is 37.4 Å². The van der Waals surface area contributed by atoms with Crippen molar-refractivity contribution in [2.45, 2.75) is 38.8 Å². The van der Waals surface area contributed by atoms with Crippen LogP contribution in [0.2, 0.25) is 0 Å². The Morgan fingerprint density at radius 1 is 1.53 bits per heavy atom. The number of methoxy groups -OCH3 is 1. The standard InChI is InChI=1S/C15H25N3O/c1-3-8-16-14-7-5-10-18(12-14)11-13-6-4-9-17-15(13)19-2/h4,6,9,14,16H,3,5,7-8,10-12H2,1-2H3. The van der Waals surface area contributed by atoms with Crippen LogP contribution in [0.25, 0.3) is 0 Å². The summed E-state index contributed by atoms with van der Waals surface area (Å²) in [5, 5.41) is 3.63. The van der Waals surface area contributed by atoms with Gasteiger partial charge in [-0.1, -0.05) is 13.0 Å². The molecule has 2 rings (SSSR count). The van der Waals surface area contributed by atoms with Crippen molar-refractivity contribution < 1.29 is 4.74 Å². The van der Waals surface area contributed by atoms with Crippen LogP contribution >= 0.6 is 0 Å². The molecular formula is C15H25N3O. The number of nitrogens with zero attached hydrogens (tertiary/aromatic N) is 2. The van der Waals surface area contributed by atoms with E-state index in [1.165, 1.54) is 31.4 Å². The van der Waals surface area contributed by atoms with Gasteiger partial charge in [-0.15, -0.1) is 0 Å². The van der Waals surface area contributed by atoms with Gasteiger partial charge in [0.05, 0.1) is 7.11 Å². The molecule has 1 N–H and O–H groups in total. The summed E-state index contributed by atoms with van der Waals surface area (Å²) >= 11 is 0. The van der Waals surface area contributed by atoms with Crippen molar-refractivity contribution in [2.24, 2.45) is 0 Å². The van der Waals surface area contributed by atoms with Crippen LogP contribution in [0.4, 0.5) is 0 Å². The molecular weight excluding hydrogens is 238 g/mol. The summed E-state index contributed by atoms with van der Waals surface area (Å²) in [5.41, 5.74) is 1.18. The highest BCUT2D eigenvalue weighted by Crippen LogP contribution is 2.19. The quantitative estimate of drug-likeness (QED) is 0.852. The molecule has 1 unspecified atom stereocenters. The van der Waals surface area contributed by atoms with Crippen molar-refractivity contribution >= 4 is 0 Å². The number of pyridine rings is 1. The second kappa shape index (κ2) is 7.46. The summed E-state index contributed by atoms with van der Waals surface area (Å²) in [7, 11) is 1.69. The molecule has 0 saturated carbocycles. The number of ether oxygens (including phenoxy) is 1. The zero-order valence-corrected chi connectivity index (χ0v) is 12.1. The average molecular weight is 263 g/mol. The molecule has 0 bridgehead atoms. The Morgan fingerprint density at radius 2 is 2.42 bits per heavy atom. The van der Waals surface area contributed by atoms with Gasteiger partial charge in [-0.25, -0.2) is 4.98 Å². The Bertz CT molecular complexity index is 383. The minimum absolute atomic E-state index is 0.636. The fourth-order valence-electron chi connectivity index (χ4n) is 2.68. The van der Waals surface area contributed by atoms with Crippen LogP contribution in [-0.2, 0) is 6.54 Å². The van der Waals surface area contributed by atoms with Crippen molar-refractivity contribution in [2.75, 3.05) is 26.7 Å². The molecule has 0 radical (unpaired) electrons. The van der Waals surface area contributed by atoms with Crippen LogP contribution in [0.15, 0.2) is 18.3 Å². The van der Waals surface area contributed by atoms with Gasteiger partial charge in [0, 0.05) is 30.9 Å². The van der Waals surface area contributed by atoms with Gasteiger partial charge in [-0.2, -0.15) is 0 Å². The van der Waals surface area contributed by atoms with Gasteiger partial charge in [0.1, 0.15) is 0 Å². The van der Waals surface area contributed by atoms with E-state index in [1.807, 2.05) is 6.07 Å². The second-order valence-corrected chi connectivity index (χ2v) is 5.20. The summed E-state index contributed by atoms with van der Waals surface area (Å²) in [5.74, 6) is 0.756. The molecule has 4 heteroatoms. The van der Waals surface area contributed by atoms with Crippen LogP contribution in [0.1, 0.15) is 31.7 Å². The maximum Gasteiger partial charge on any atom is 0.217 e. The van der Waals surface area contributed by atoms with E-state index in [0.29, 0.717) is 6.04 Å². The number of hydrogen-bond acceptors (Lipinski definition) is 4. The fraction of sp³-hybridized carbons (Fsp3) is 0.667. The third-order valence-electron chi connectivity index (χ3n) is 3.63. The van der Waals surface area contributed by atoms with E-state index >= 15 is 0 Å². The van der Waals surface area contributed by atoms with Crippen LogP contribution in [-0.4, -0.2) is 42.7 Å². The first-order chi connectivity index (χ1) is 9.33. The second-order valence-electron chi connectivity index (χ2n) is 5.20. The van der Waals surface area contributed by atoms with Gasteiger partial charge < -0.3 is 10.1 Å². The number of rotatable bonds is 6. The third kappa shape index (κ3) is 4.18. The molecule has 1 saturated heterocycles. The lowest BCUT2D eigenvalue weighted by molar-refractivity contribution is 0.181. The molecule has 1 atom stereocenters. The molecule has 4 nitrogen and oxygen atoms in total. The largest absolute Gasteiger partial charge is 0.481 e. The SMILES string of the molecule is CCCNC1CCCN(Cc2cccnc2OC)C1. The van der Waals surface area contributed by atoms with Crippen molar-refractivity contribution in [1.29, 1.82) is 0 Å². The maximum absolute atomic E-state index is 5.33. The van der Waals surface area contributed by atoms with Crippen LogP contribution in [0.3, 0.4) is 0 Å².